The van der Waals surface area contributed by atoms with Crippen LogP contribution >= 0.6 is 0 Å². The van der Waals surface area contributed by atoms with Gasteiger partial charge < -0.3 is 42.9 Å². The number of carbonyl (C=O) groups excluding carboxylic acids is 3. The van der Waals surface area contributed by atoms with Gasteiger partial charge in [0.15, 0.2) is 5.96 Å². The maximum absolute atomic E-state index is 13.1. The first-order valence-electron chi connectivity index (χ1n) is 11.5. The third-order valence-corrected chi connectivity index (χ3v) is 5.51. The normalized spacial score (nSPS) is 19.1. The molecule has 0 spiro atoms. The number of amides is 3. The van der Waals surface area contributed by atoms with Crippen LogP contribution in [0.3, 0.4) is 0 Å². The fourth-order valence-corrected chi connectivity index (χ4v) is 3.76. The number of nitrogens with one attached hydrogen (secondary N) is 2. The molecule has 194 valence electrons. The van der Waals surface area contributed by atoms with Crippen LogP contribution in [0, 0.1) is 5.92 Å². The maximum atomic E-state index is 13.1. The summed E-state index contributed by atoms with van der Waals surface area (Å²) in [6.45, 7) is 5.62. The molecule has 1 aliphatic heterocycles. The average molecular weight is 486 g/mol. The van der Waals surface area contributed by atoms with Gasteiger partial charge in [-0.1, -0.05) is 13.8 Å². The van der Waals surface area contributed by atoms with Gasteiger partial charge in [0.25, 0.3) is 0 Å². The van der Waals surface area contributed by atoms with Gasteiger partial charge in [-0.3, -0.25) is 19.4 Å². The Morgan fingerprint density at radius 3 is 2.29 bits per heavy atom. The number of nitrogens with zero attached hydrogens (tertiary/aromatic N) is 2. The molecular formula is C21H39N7O6. The average Bonchev–Trinajstić information content (AvgIpc) is 3.23. The van der Waals surface area contributed by atoms with Crippen molar-refractivity contribution >= 4 is 29.7 Å². The highest BCUT2D eigenvalue weighted by atomic mass is 16.4. The minimum absolute atomic E-state index is 0.0124. The summed E-state index contributed by atoms with van der Waals surface area (Å²) in [4.78, 5) is 55.1. The van der Waals surface area contributed by atoms with Crippen LogP contribution < -0.4 is 27.8 Å². The summed E-state index contributed by atoms with van der Waals surface area (Å²) in [7, 11) is 0. The minimum atomic E-state index is -1.35. The van der Waals surface area contributed by atoms with E-state index in [1.807, 2.05) is 13.8 Å². The number of guanidine groups is 1. The SMILES string of the molecule is CC(C)CC(NC(=O)C(NC(=O)C(N)CCCN=C(N)N)C(C)O)C(=O)N1CCCC1C(=O)O. The lowest BCUT2D eigenvalue weighted by atomic mass is 10.0. The molecule has 0 bridgehead atoms. The fraction of sp³-hybridized carbons (Fsp3) is 0.762. The van der Waals surface area contributed by atoms with Gasteiger partial charge in [-0.15, -0.1) is 0 Å². The number of carbonyl (C=O) groups is 4. The van der Waals surface area contributed by atoms with Crippen LogP contribution in [0.4, 0.5) is 0 Å². The van der Waals surface area contributed by atoms with E-state index >= 15 is 0 Å². The van der Waals surface area contributed by atoms with Crippen molar-refractivity contribution in [3.05, 3.63) is 0 Å². The van der Waals surface area contributed by atoms with Crippen LogP contribution in [0.5, 0.6) is 0 Å². The number of hydrogen-bond donors (Lipinski definition) is 7. The molecule has 1 aliphatic rings. The molecule has 5 unspecified atom stereocenters. The van der Waals surface area contributed by atoms with Gasteiger partial charge in [0, 0.05) is 13.1 Å². The summed E-state index contributed by atoms with van der Waals surface area (Å²) in [5, 5.41) is 24.5. The number of hydrogen-bond acceptors (Lipinski definition) is 7. The predicted molar refractivity (Wildman–Crippen MR) is 125 cm³/mol. The molecule has 0 saturated carbocycles. The van der Waals surface area contributed by atoms with Crippen LogP contribution in [0.15, 0.2) is 4.99 Å². The van der Waals surface area contributed by atoms with Crippen LogP contribution in [0.2, 0.25) is 0 Å². The smallest absolute Gasteiger partial charge is 0.326 e. The summed E-state index contributed by atoms with van der Waals surface area (Å²) in [5.74, 6) is -3.07. The lowest BCUT2D eigenvalue weighted by molar-refractivity contribution is -0.149. The largest absolute Gasteiger partial charge is 0.480 e. The van der Waals surface area contributed by atoms with Gasteiger partial charge in [0.2, 0.25) is 17.7 Å². The van der Waals surface area contributed by atoms with Crippen molar-refractivity contribution in [2.24, 2.45) is 28.1 Å². The summed E-state index contributed by atoms with van der Waals surface area (Å²) in [6.07, 6.45) is 0.569. The third kappa shape index (κ3) is 9.14. The van der Waals surface area contributed by atoms with Gasteiger partial charge >= 0.3 is 5.97 Å². The monoisotopic (exact) mass is 485 g/mol. The molecule has 10 N–H and O–H groups in total. The molecule has 34 heavy (non-hydrogen) atoms. The highest BCUT2D eigenvalue weighted by Crippen LogP contribution is 2.20. The van der Waals surface area contributed by atoms with E-state index in [0.29, 0.717) is 19.3 Å². The van der Waals surface area contributed by atoms with Crippen molar-refractivity contribution in [1.29, 1.82) is 0 Å². The Hall–Kier alpha value is -2.93. The molecule has 1 fully saturated rings. The number of aliphatic hydroxyl groups is 1. The summed E-state index contributed by atoms with van der Waals surface area (Å²) in [5.41, 5.74) is 16.4. The molecule has 1 heterocycles. The molecule has 5 atom stereocenters. The fourth-order valence-electron chi connectivity index (χ4n) is 3.76. The van der Waals surface area contributed by atoms with E-state index in [1.165, 1.54) is 11.8 Å². The maximum Gasteiger partial charge on any atom is 0.326 e. The van der Waals surface area contributed by atoms with Crippen molar-refractivity contribution in [2.45, 2.75) is 83.1 Å². The molecule has 0 aliphatic carbocycles. The van der Waals surface area contributed by atoms with Crippen LogP contribution in [0.1, 0.15) is 52.9 Å². The Kier molecular flexibility index (Phi) is 11.7. The van der Waals surface area contributed by atoms with Gasteiger partial charge in [-0.05, 0) is 44.9 Å². The number of aliphatic hydroxyl groups excluding tert-OH is 1. The van der Waals surface area contributed by atoms with E-state index < -0.39 is 54.0 Å². The number of carboxylic acids is 1. The number of likely N-dealkylation sites (tertiary alicyclic amines) is 1. The first kappa shape index (κ1) is 29.1. The minimum Gasteiger partial charge on any atom is -0.480 e. The molecule has 13 nitrogen and oxygen atoms in total. The van der Waals surface area contributed by atoms with Crippen molar-refractivity contribution in [1.82, 2.24) is 15.5 Å². The Morgan fingerprint density at radius 1 is 1.12 bits per heavy atom. The summed E-state index contributed by atoms with van der Waals surface area (Å²) >= 11 is 0. The highest BCUT2D eigenvalue weighted by Gasteiger charge is 2.39. The van der Waals surface area contributed by atoms with E-state index in [-0.39, 0.29) is 37.8 Å². The Labute approximate surface area is 199 Å². The highest BCUT2D eigenvalue weighted by molar-refractivity contribution is 5.94. The Balaban J connectivity index is 2.86. The van der Waals surface area contributed by atoms with E-state index in [2.05, 4.69) is 15.6 Å². The number of carboxylic acid groups (broad SMARTS) is 1. The van der Waals surface area contributed by atoms with E-state index in [1.54, 1.807) is 0 Å². The molecule has 0 aromatic heterocycles. The standard InChI is InChI=1S/C21H39N7O6/c1-11(2)10-14(19(32)28-9-5-7-15(28)20(33)34)26-18(31)16(12(3)29)27-17(30)13(22)6-4-8-25-21(23)24/h11-16,29H,4-10,22H2,1-3H3,(H,26,31)(H,27,30)(H,33,34)(H4,23,24,25). The number of nitrogens with two attached hydrogens (primary N) is 3. The number of rotatable bonds is 13. The molecule has 1 rings (SSSR count). The molecule has 0 aromatic carbocycles. The summed E-state index contributed by atoms with van der Waals surface area (Å²) in [6, 6.07) is -4.26. The Morgan fingerprint density at radius 2 is 1.76 bits per heavy atom. The van der Waals surface area contributed by atoms with Crippen LogP contribution in [0.25, 0.3) is 0 Å². The van der Waals surface area contributed by atoms with Gasteiger partial charge in [0.05, 0.1) is 12.1 Å². The van der Waals surface area contributed by atoms with E-state index in [9.17, 15) is 29.4 Å². The second kappa shape index (κ2) is 13.7. The van der Waals surface area contributed by atoms with E-state index in [4.69, 9.17) is 17.2 Å². The molecule has 0 radical (unpaired) electrons. The van der Waals surface area contributed by atoms with Gasteiger partial charge in [0.1, 0.15) is 18.1 Å². The molecule has 3 amide bonds. The van der Waals surface area contributed by atoms with Crippen molar-refractivity contribution in [2.75, 3.05) is 13.1 Å². The second-order valence-corrected chi connectivity index (χ2v) is 9.00. The van der Waals surface area contributed by atoms with Gasteiger partial charge in [-0.2, -0.15) is 0 Å². The molecule has 13 heteroatoms. The first-order valence-corrected chi connectivity index (χ1v) is 11.5. The second-order valence-electron chi connectivity index (χ2n) is 9.00. The van der Waals surface area contributed by atoms with Crippen LogP contribution in [-0.4, -0.2) is 88.1 Å². The third-order valence-electron chi connectivity index (χ3n) is 5.51. The first-order chi connectivity index (χ1) is 15.8. The Bertz CT molecular complexity index is 754. The number of aliphatic imine (C=N–C) groups is 1. The van der Waals surface area contributed by atoms with Crippen molar-refractivity contribution in [3.8, 4) is 0 Å². The quantitative estimate of drug-likeness (QED) is 0.0854. The zero-order valence-electron chi connectivity index (χ0n) is 20.1. The zero-order chi connectivity index (χ0) is 26.0. The van der Waals surface area contributed by atoms with Crippen LogP contribution in [-0.2, 0) is 19.2 Å². The summed E-state index contributed by atoms with van der Waals surface area (Å²) < 4.78 is 0. The molecule has 0 aromatic rings. The predicted octanol–water partition coefficient (Wildman–Crippen LogP) is -2.16. The lowest BCUT2D eigenvalue weighted by Gasteiger charge is -2.30. The van der Waals surface area contributed by atoms with E-state index in [0.717, 1.165) is 0 Å². The molecule has 1 saturated heterocycles. The zero-order valence-corrected chi connectivity index (χ0v) is 20.1. The lowest BCUT2D eigenvalue weighted by Crippen LogP contribution is -2.60. The van der Waals surface area contributed by atoms with Crippen molar-refractivity contribution < 1.29 is 29.4 Å². The van der Waals surface area contributed by atoms with Gasteiger partial charge in [-0.25, -0.2) is 4.79 Å². The molecular weight excluding hydrogens is 446 g/mol. The number of aliphatic carboxylic acids is 1. The topological polar surface area (TPSA) is 226 Å². The van der Waals surface area contributed by atoms with Crippen molar-refractivity contribution in [3.63, 3.8) is 0 Å².